The minimum Gasteiger partial charge on any atom is -0.508 e. The third kappa shape index (κ3) is 2.71. The maximum atomic E-state index is 11.6. The average molecular weight is 224 g/mol. The second-order valence-corrected chi connectivity index (χ2v) is 3.34. The molecule has 1 rings (SSSR count). The smallest absolute Gasteiger partial charge is 0.320 e. The van der Waals surface area contributed by atoms with Crippen LogP contribution in [0.1, 0.15) is 16.8 Å². The standard InChI is InChI=1S/C10H12N2O4/c11-7-2-1-5(13)3-6(7)9(14)4-8(12)10(15)16/h1-3,8,13H,4,11-12H2,(H,15,16)/t8-/m1/s1. The van der Waals surface area contributed by atoms with Crippen LogP contribution in [0, 0.1) is 0 Å². The summed E-state index contributed by atoms with van der Waals surface area (Å²) in [6, 6.07) is 2.62. The van der Waals surface area contributed by atoms with E-state index in [-0.39, 0.29) is 23.4 Å². The first-order valence-corrected chi connectivity index (χ1v) is 4.52. The van der Waals surface area contributed by atoms with Crippen LogP contribution in [0.2, 0.25) is 0 Å². The molecule has 0 fully saturated rings. The molecule has 0 aliphatic carbocycles. The number of carboxylic acids is 1. The molecule has 6 heteroatoms. The number of aliphatic carboxylic acids is 1. The molecule has 0 radical (unpaired) electrons. The predicted molar refractivity (Wildman–Crippen MR) is 57.1 cm³/mol. The van der Waals surface area contributed by atoms with Crippen molar-refractivity contribution < 1.29 is 19.8 Å². The summed E-state index contributed by atoms with van der Waals surface area (Å²) in [4.78, 5) is 22.1. The molecule has 0 unspecified atom stereocenters. The van der Waals surface area contributed by atoms with Gasteiger partial charge < -0.3 is 21.7 Å². The Kier molecular flexibility index (Phi) is 3.47. The van der Waals surface area contributed by atoms with Gasteiger partial charge in [0.1, 0.15) is 11.8 Å². The molecule has 1 aromatic carbocycles. The largest absolute Gasteiger partial charge is 0.508 e. The van der Waals surface area contributed by atoms with E-state index in [1.165, 1.54) is 18.2 Å². The van der Waals surface area contributed by atoms with E-state index in [0.29, 0.717) is 0 Å². The number of carbonyl (C=O) groups excluding carboxylic acids is 1. The first-order valence-electron chi connectivity index (χ1n) is 4.52. The molecule has 0 bridgehead atoms. The van der Waals surface area contributed by atoms with E-state index in [4.69, 9.17) is 16.6 Å². The van der Waals surface area contributed by atoms with E-state index in [9.17, 15) is 14.7 Å². The van der Waals surface area contributed by atoms with Crippen molar-refractivity contribution in [3.05, 3.63) is 23.8 Å². The molecule has 0 aliphatic rings. The molecule has 0 heterocycles. The third-order valence-electron chi connectivity index (χ3n) is 2.06. The van der Waals surface area contributed by atoms with Gasteiger partial charge in [-0.25, -0.2) is 0 Å². The van der Waals surface area contributed by atoms with Gasteiger partial charge in [-0.15, -0.1) is 0 Å². The number of carbonyl (C=O) groups is 2. The summed E-state index contributed by atoms with van der Waals surface area (Å²) in [5.74, 6) is -1.88. The van der Waals surface area contributed by atoms with Crippen molar-refractivity contribution in [1.29, 1.82) is 0 Å². The van der Waals surface area contributed by atoms with Crippen molar-refractivity contribution in [3.63, 3.8) is 0 Å². The van der Waals surface area contributed by atoms with Crippen LogP contribution in [-0.2, 0) is 4.79 Å². The number of nitrogen functional groups attached to an aromatic ring is 1. The summed E-state index contributed by atoms with van der Waals surface area (Å²) in [5.41, 5.74) is 11.0. The number of anilines is 1. The van der Waals surface area contributed by atoms with Crippen molar-refractivity contribution in [2.45, 2.75) is 12.5 Å². The van der Waals surface area contributed by atoms with Gasteiger partial charge in [-0.3, -0.25) is 9.59 Å². The molecule has 16 heavy (non-hydrogen) atoms. The van der Waals surface area contributed by atoms with E-state index < -0.39 is 17.8 Å². The van der Waals surface area contributed by atoms with E-state index >= 15 is 0 Å². The Morgan fingerprint density at radius 1 is 1.38 bits per heavy atom. The highest BCUT2D eigenvalue weighted by atomic mass is 16.4. The summed E-state index contributed by atoms with van der Waals surface area (Å²) < 4.78 is 0. The maximum absolute atomic E-state index is 11.6. The van der Waals surface area contributed by atoms with E-state index in [1.54, 1.807) is 0 Å². The Hall–Kier alpha value is -2.08. The summed E-state index contributed by atoms with van der Waals surface area (Å²) in [6.45, 7) is 0. The van der Waals surface area contributed by atoms with Crippen LogP contribution >= 0.6 is 0 Å². The van der Waals surface area contributed by atoms with Crippen LogP contribution in [0.15, 0.2) is 18.2 Å². The summed E-state index contributed by atoms with van der Waals surface area (Å²) in [7, 11) is 0. The second kappa shape index (κ2) is 4.63. The number of carboxylic acid groups (broad SMARTS) is 1. The quantitative estimate of drug-likeness (QED) is 0.323. The summed E-state index contributed by atoms with van der Waals surface area (Å²) >= 11 is 0. The Bertz CT molecular complexity index is 431. The monoisotopic (exact) mass is 224 g/mol. The third-order valence-corrected chi connectivity index (χ3v) is 2.06. The van der Waals surface area contributed by atoms with Crippen LogP contribution in [0.5, 0.6) is 5.75 Å². The molecule has 0 amide bonds. The molecule has 6 N–H and O–H groups in total. The fourth-order valence-electron chi connectivity index (χ4n) is 1.18. The highest BCUT2D eigenvalue weighted by Gasteiger charge is 2.19. The molecule has 0 spiro atoms. The normalized spacial score (nSPS) is 12.1. The van der Waals surface area contributed by atoms with Crippen LogP contribution in [0.4, 0.5) is 5.69 Å². The first-order chi connectivity index (χ1) is 7.41. The minimum atomic E-state index is -1.27. The molecule has 1 atom stereocenters. The first kappa shape index (κ1) is 12.0. The lowest BCUT2D eigenvalue weighted by molar-refractivity contribution is -0.138. The molecular weight excluding hydrogens is 212 g/mol. The topological polar surface area (TPSA) is 127 Å². The Morgan fingerprint density at radius 3 is 2.56 bits per heavy atom. The predicted octanol–water partition coefficient (Wildman–Crippen LogP) is -0.0409. The number of benzene rings is 1. The zero-order chi connectivity index (χ0) is 12.3. The molecule has 86 valence electrons. The number of aromatic hydroxyl groups is 1. The number of nitrogens with two attached hydrogens (primary N) is 2. The Morgan fingerprint density at radius 2 is 2.00 bits per heavy atom. The Balaban J connectivity index is 2.88. The Labute approximate surface area is 91.5 Å². The van der Waals surface area contributed by atoms with Crippen molar-refractivity contribution in [2.24, 2.45) is 5.73 Å². The van der Waals surface area contributed by atoms with Gasteiger partial charge in [-0.2, -0.15) is 0 Å². The molecule has 6 nitrogen and oxygen atoms in total. The lowest BCUT2D eigenvalue weighted by Gasteiger charge is -2.07. The second-order valence-electron chi connectivity index (χ2n) is 3.34. The van der Waals surface area contributed by atoms with Crippen molar-refractivity contribution in [3.8, 4) is 5.75 Å². The van der Waals surface area contributed by atoms with Gasteiger partial charge in [0.2, 0.25) is 0 Å². The van der Waals surface area contributed by atoms with Crippen molar-refractivity contribution >= 4 is 17.4 Å². The molecule has 0 saturated heterocycles. The van der Waals surface area contributed by atoms with Crippen molar-refractivity contribution in [2.75, 3.05) is 5.73 Å². The number of hydrogen-bond acceptors (Lipinski definition) is 5. The number of Topliss-reactive ketones (excluding diaryl/α,β-unsaturated/α-hetero) is 1. The number of rotatable bonds is 4. The summed E-state index contributed by atoms with van der Waals surface area (Å²) in [6.07, 6.45) is -0.358. The van der Waals surface area contributed by atoms with Gasteiger partial charge in [-0.05, 0) is 18.2 Å². The molecule has 1 aromatic rings. The fraction of sp³-hybridized carbons (Fsp3) is 0.200. The molecule has 0 aliphatic heterocycles. The van der Waals surface area contributed by atoms with Crippen molar-refractivity contribution in [1.82, 2.24) is 0 Å². The van der Waals surface area contributed by atoms with Gasteiger partial charge >= 0.3 is 5.97 Å². The zero-order valence-electron chi connectivity index (χ0n) is 8.38. The number of hydrogen-bond donors (Lipinski definition) is 4. The number of ketones is 1. The van der Waals surface area contributed by atoms with Crippen LogP contribution in [0.3, 0.4) is 0 Å². The number of phenols is 1. The molecule has 0 aromatic heterocycles. The van der Waals surface area contributed by atoms with E-state index in [2.05, 4.69) is 0 Å². The SMILES string of the molecule is Nc1ccc(O)cc1C(=O)C[C@@H](N)C(=O)O. The van der Waals surface area contributed by atoms with Gasteiger partial charge in [-0.1, -0.05) is 0 Å². The fourth-order valence-corrected chi connectivity index (χ4v) is 1.18. The number of phenolic OH excluding ortho intramolecular Hbond substituents is 1. The molecular formula is C10H12N2O4. The van der Waals surface area contributed by atoms with Gasteiger partial charge in [0.05, 0.1) is 0 Å². The maximum Gasteiger partial charge on any atom is 0.320 e. The average Bonchev–Trinajstić information content (AvgIpc) is 2.21. The lowest BCUT2D eigenvalue weighted by atomic mass is 10.0. The molecule has 0 saturated carbocycles. The van der Waals surface area contributed by atoms with Gasteiger partial charge in [0.25, 0.3) is 0 Å². The van der Waals surface area contributed by atoms with Crippen LogP contribution < -0.4 is 11.5 Å². The van der Waals surface area contributed by atoms with E-state index in [1.807, 2.05) is 0 Å². The lowest BCUT2D eigenvalue weighted by Crippen LogP contribution is -2.32. The minimum absolute atomic E-state index is 0.0803. The van der Waals surface area contributed by atoms with Crippen LogP contribution in [-0.4, -0.2) is 28.0 Å². The highest BCUT2D eigenvalue weighted by molar-refractivity contribution is 6.03. The zero-order valence-corrected chi connectivity index (χ0v) is 8.38. The van der Waals surface area contributed by atoms with Crippen LogP contribution in [0.25, 0.3) is 0 Å². The van der Waals surface area contributed by atoms with Gasteiger partial charge in [0, 0.05) is 17.7 Å². The van der Waals surface area contributed by atoms with E-state index in [0.717, 1.165) is 0 Å². The van der Waals surface area contributed by atoms with Gasteiger partial charge in [0.15, 0.2) is 5.78 Å². The highest BCUT2D eigenvalue weighted by Crippen LogP contribution is 2.20. The summed E-state index contributed by atoms with van der Waals surface area (Å²) in [5, 5.41) is 17.7.